The van der Waals surface area contributed by atoms with Crippen LogP contribution in [0.4, 0.5) is 0 Å². The Morgan fingerprint density at radius 1 is 1.35 bits per heavy atom. The second-order valence-corrected chi connectivity index (χ2v) is 9.31. The van der Waals surface area contributed by atoms with E-state index in [-0.39, 0.29) is 0 Å². The fourth-order valence-electron chi connectivity index (χ4n) is 3.15. The van der Waals surface area contributed by atoms with Gasteiger partial charge in [-0.25, -0.2) is 8.42 Å². The maximum Gasteiger partial charge on any atom is 0.314 e. The van der Waals surface area contributed by atoms with Crippen LogP contribution < -0.4 is 0 Å². The predicted molar refractivity (Wildman–Crippen MR) is 77.2 cm³/mol. The van der Waals surface area contributed by atoms with Crippen LogP contribution in [0.3, 0.4) is 0 Å². The minimum Gasteiger partial charge on any atom is -0.481 e. The summed E-state index contributed by atoms with van der Waals surface area (Å²) in [5.41, 5.74) is -0.0282. The van der Waals surface area contributed by atoms with Crippen molar-refractivity contribution in [2.45, 2.75) is 54.1 Å². The molecule has 2 saturated carbocycles. The molecule has 1 aromatic rings. The molecule has 3 rings (SSSR count). The summed E-state index contributed by atoms with van der Waals surface area (Å²) in [5, 5.41) is 9.49. The Kier molecular flexibility index (Phi) is 3.21. The predicted octanol–water partition coefficient (Wildman–Crippen LogP) is 2.93. The van der Waals surface area contributed by atoms with E-state index >= 15 is 0 Å². The summed E-state index contributed by atoms with van der Waals surface area (Å²) in [6.45, 7) is 0. The fraction of sp³-hybridized carbons (Fsp3) is 0.643. The van der Waals surface area contributed by atoms with E-state index in [0.29, 0.717) is 23.0 Å². The van der Waals surface area contributed by atoms with Gasteiger partial charge < -0.3 is 5.11 Å². The number of carbonyl (C=O) groups is 1. The van der Waals surface area contributed by atoms with Crippen LogP contribution in [0, 0.1) is 0 Å². The Hall–Kier alpha value is -0.880. The first kappa shape index (κ1) is 14.1. The quantitative estimate of drug-likeness (QED) is 0.927. The molecule has 4 nitrogen and oxygen atoms in total. The maximum absolute atomic E-state index is 11.8. The van der Waals surface area contributed by atoms with Crippen LogP contribution in [0.5, 0.6) is 0 Å². The van der Waals surface area contributed by atoms with Gasteiger partial charge in [0.15, 0.2) is 9.84 Å². The van der Waals surface area contributed by atoms with Crippen LogP contribution in [0.15, 0.2) is 10.3 Å². The first-order chi connectivity index (χ1) is 9.34. The Labute approximate surface area is 122 Å². The highest BCUT2D eigenvalue weighted by Gasteiger charge is 2.54. The van der Waals surface area contributed by atoms with E-state index in [1.54, 1.807) is 6.07 Å². The molecule has 0 aromatic carbocycles. The molecule has 0 atom stereocenters. The molecular weight excluding hydrogens is 296 g/mol. The molecule has 1 N–H and O–H groups in total. The molecule has 20 heavy (non-hydrogen) atoms. The fourth-order valence-corrected chi connectivity index (χ4v) is 5.52. The van der Waals surface area contributed by atoms with Crippen molar-refractivity contribution in [1.29, 1.82) is 0 Å². The van der Waals surface area contributed by atoms with E-state index in [9.17, 15) is 18.3 Å². The molecular formula is C14H18O4S2. The van der Waals surface area contributed by atoms with E-state index in [1.807, 2.05) is 0 Å². The SMILES string of the molecule is CS(=O)(=O)c1cc(C2(C(=O)O)CC2)c(C2CCCC2)s1. The number of carboxylic acids is 1. The van der Waals surface area contributed by atoms with Gasteiger partial charge in [-0.05, 0) is 43.2 Å². The van der Waals surface area contributed by atoms with Crippen molar-refractivity contribution in [3.63, 3.8) is 0 Å². The normalized spacial score (nSPS) is 22.1. The molecule has 0 amide bonds. The van der Waals surface area contributed by atoms with E-state index in [4.69, 9.17) is 0 Å². The molecule has 1 aromatic heterocycles. The van der Waals surface area contributed by atoms with Crippen LogP contribution >= 0.6 is 11.3 Å². The number of hydrogen-bond donors (Lipinski definition) is 1. The largest absolute Gasteiger partial charge is 0.481 e. The van der Waals surface area contributed by atoms with Crippen LogP contribution in [-0.2, 0) is 20.0 Å². The van der Waals surface area contributed by atoms with Gasteiger partial charge in [0.1, 0.15) is 4.21 Å². The van der Waals surface area contributed by atoms with E-state index < -0.39 is 21.2 Å². The van der Waals surface area contributed by atoms with Crippen LogP contribution in [0.2, 0.25) is 0 Å². The van der Waals surface area contributed by atoms with Crippen LogP contribution in [0.25, 0.3) is 0 Å². The molecule has 2 aliphatic carbocycles. The monoisotopic (exact) mass is 314 g/mol. The zero-order valence-corrected chi connectivity index (χ0v) is 13.0. The topological polar surface area (TPSA) is 71.4 Å². The van der Waals surface area contributed by atoms with Crippen molar-refractivity contribution in [3.8, 4) is 0 Å². The summed E-state index contributed by atoms with van der Waals surface area (Å²) in [6.07, 6.45) is 6.84. The molecule has 0 aliphatic heterocycles. The molecule has 0 bridgehead atoms. The molecule has 110 valence electrons. The average molecular weight is 314 g/mol. The third kappa shape index (κ3) is 2.19. The smallest absolute Gasteiger partial charge is 0.314 e. The number of rotatable bonds is 4. The lowest BCUT2D eigenvalue weighted by Crippen LogP contribution is -2.20. The average Bonchev–Trinajstić information content (AvgIpc) is 2.82. The molecule has 0 saturated heterocycles. The molecule has 0 spiro atoms. The maximum atomic E-state index is 11.8. The standard InChI is InChI=1S/C14H18O4S2/c1-20(17,18)11-8-10(14(6-7-14)13(15)16)12(19-11)9-4-2-3-5-9/h8-9H,2-7H2,1H3,(H,15,16). The molecule has 6 heteroatoms. The lowest BCUT2D eigenvalue weighted by Gasteiger charge is -2.15. The summed E-state index contributed by atoms with van der Waals surface area (Å²) in [7, 11) is -3.27. The van der Waals surface area contributed by atoms with Gasteiger partial charge in [0, 0.05) is 11.1 Å². The highest BCUT2D eigenvalue weighted by Crippen LogP contribution is 2.54. The van der Waals surface area contributed by atoms with E-state index in [1.165, 1.54) is 17.6 Å². The lowest BCUT2D eigenvalue weighted by atomic mass is 9.91. The van der Waals surface area contributed by atoms with Crippen molar-refractivity contribution in [3.05, 3.63) is 16.5 Å². The number of hydrogen-bond acceptors (Lipinski definition) is 4. The Bertz CT molecular complexity index is 647. The van der Waals surface area contributed by atoms with Gasteiger partial charge in [0.05, 0.1) is 5.41 Å². The number of aliphatic carboxylic acids is 1. The zero-order valence-electron chi connectivity index (χ0n) is 11.4. The van der Waals surface area contributed by atoms with Gasteiger partial charge in [0.2, 0.25) is 0 Å². The minimum absolute atomic E-state index is 0.321. The lowest BCUT2D eigenvalue weighted by molar-refractivity contribution is -0.140. The van der Waals surface area contributed by atoms with Crippen molar-refractivity contribution < 1.29 is 18.3 Å². The van der Waals surface area contributed by atoms with Gasteiger partial charge in [-0.2, -0.15) is 0 Å². The highest BCUT2D eigenvalue weighted by atomic mass is 32.2. The van der Waals surface area contributed by atoms with E-state index in [0.717, 1.165) is 36.1 Å². The molecule has 2 fully saturated rings. The second-order valence-electron chi connectivity index (χ2n) is 5.98. The Morgan fingerprint density at radius 3 is 2.40 bits per heavy atom. The summed E-state index contributed by atoms with van der Waals surface area (Å²) in [6, 6.07) is 1.63. The van der Waals surface area contributed by atoms with Crippen molar-refractivity contribution in [2.75, 3.05) is 6.26 Å². The third-order valence-electron chi connectivity index (χ3n) is 4.50. The number of thiophene rings is 1. The van der Waals surface area contributed by atoms with Gasteiger partial charge >= 0.3 is 5.97 Å². The number of carboxylic acid groups (broad SMARTS) is 1. The van der Waals surface area contributed by atoms with Crippen molar-refractivity contribution >= 4 is 27.1 Å². The van der Waals surface area contributed by atoms with Gasteiger partial charge in [0.25, 0.3) is 0 Å². The summed E-state index contributed by atoms with van der Waals surface area (Å²) >= 11 is 1.30. The molecule has 0 unspecified atom stereocenters. The van der Waals surface area contributed by atoms with Gasteiger partial charge in [-0.1, -0.05) is 12.8 Å². The first-order valence-corrected chi connectivity index (χ1v) is 9.63. The summed E-state index contributed by atoms with van der Waals surface area (Å²) in [4.78, 5) is 12.6. The minimum atomic E-state index is -3.27. The Morgan fingerprint density at radius 2 is 1.95 bits per heavy atom. The summed E-state index contributed by atoms with van der Waals surface area (Å²) < 4.78 is 23.9. The molecule has 1 heterocycles. The summed E-state index contributed by atoms with van der Waals surface area (Å²) in [5.74, 6) is -0.461. The van der Waals surface area contributed by atoms with Gasteiger partial charge in [-0.15, -0.1) is 11.3 Å². The van der Waals surface area contributed by atoms with Crippen molar-refractivity contribution in [2.24, 2.45) is 0 Å². The second kappa shape index (κ2) is 4.56. The zero-order chi connectivity index (χ0) is 14.5. The van der Waals surface area contributed by atoms with Crippen LogP contribution in [0.1, 0.15) is 54.9 Å². The number of sulfone groups is 1. The van der Waals surface area contributed by atoms with Crippen LogP contribution in [-0.4, -0.2) is 25.7 Å². The van der Waals surface area contributed by atoms with E-state index in [2.05, 4.69) is 0 Å². The molecule has 0 radical (unpaired) electrons. The first-order valence-electron chi connectivity index (χ1n) is 6.92. The van der Waals surface area contributed by atoms with Crippen molar-refractivity contribution in [1.82, 2.24) is 0 Å². The highest BCUT2D eigenvalue weighted by molar-refractivity contribution is 7.92. The third-order valence-corrected chi connectivity index (χ3v) is 7.60. The molecule has 2 aliphatic rings. The Balaban J connectivity index is 2.12. The van der Waals surface area contributed by atoms with Gasteiger partial charge in [-0.3, -0.25) is 4.79 Å².